The molecule has 0 saturated heterocycles. The number of carbonyl (C=O) groups excluding carboxylic acids is 3. The van der Waals surface area contributed by atoms with E-state index in [4.69, 9.17) is 9.47 Å². The lowest BCUT2D eigenvalue weighted by molar-refractivity contribution is 0.0734. The highest BCUT2D eigenvalue weighted by atomic mass is 16.5. The first kappa shape index (κ1) is 22.9. The molecule has 0 heterocycles. The molecule has 0 aliphatic rings. The molecule has 0 atom stereocenters. The maximum absolute atomic E-state index is 12.7. The van der Waals surface area contributed by atoms with Crippen molar-refractivity contribution < 1.29 is 23.9 Å². The second-order valence-corrected chi connectivity index (χ2v) is 8.18. The van der Waals surface area contributed by atoms with Gasteiger partial charge in [0.2, 0.25) is 0 Å². The molecule has 3 aromatic carbocycles. The van der Waals surface area contributed by atoms with Gasteiger partial charge in [-0.25, -0.2) is 4.79 Å². The van der Waals surface area contributed by atoms with Crippen molar-refractivity contribution in [2.75, 3.05) is 7.11 Å². The second-order valence-electron chi connectivity index (χ2n) is 8.18. The highest BCUT2D eigenvalue weighted by molar-refractivity contribution is 6.03. The maximum Gasteiger partial charge on any atom is 0.343 e. The van der Waals surface area contributed by atoms with Crippen LogP contribution in [0.2, 0.25) is 0 Å². The molecular weight excluding hydrogens is 404 g/mol. The first-order valence-electron chi connectivity index (χ1n) is 10.3. The lowest BCUT2D eigenvalue weighted by Gasteiger charge is -2.26. The lowest BCUT2D eigenvalue weighted by Crippen LogP contribution is -2.18. The Morgan fingerprint density at radius 1 is 0.656 bits per heavy atom. The zero-order chi connectivity index (χ0) is 23.5. The van der Waals surface area contributed by atoms with Crippen LogP contribution in [0.4, 0.5) is 0 Å². The molecule has 0 aliphatic heterocycles. The number of esters is 1. The van der Waals surface area contributed by atoms with E-state index in [-0.39, 0.29) is 22.5 Å². The van der Waals surface area contributed by atoms with Gasteiger partial charge in [-0.1, -0.05) is 38.1 Å². The predicted molar refractivity (Wildman–Crippen MR) is 123 cm³/mol. The van der Waals surface area contributed by atoms with Crippen LogP contribution in [-0.2, 0) is 5.41 Å². The van der Waals surface area contributed by atoms with Crippen LogP contribution in [0.3, 0.4) is 0 Å². The maximum atomic E-state index is 12.7. The molecular formula is C27H26O5. The molecule has 0 aromatic heterocycles. The molecule has 0 bridgehead atoms. The number of benzene rings is 3. The number of methoxy groups -OCH3 is 1. The van der Waals surface area contributed by atoms with Crippen molar-refractivity contribution in [1.29, 1.82) is 0 Å². The van der Waals surface area contributed by atoms with Crippen molar-refractivity contribution in [1.82, 2.24) is 0 Å². The normalized spacial score (nSPS) is 11.0. The number of hydrogen-bond acceptors (Lipinski definition) is 5. The predicted octanol–water partition coefficient (Wildman–Crippen LogP) is 5.65. The average Bonchev–Trinajstić information content (AvgIpc) is 2.79. The van der Waals surface area contributed by atoms with Gasteiger partial charge in [0.1, 0.15) is 11.5 Å². The van der Waals surface area contributed by atoms with E-state index < -0.39 is 5.97 Å². The Morgan fingerprint density at radius 3 is 1.47 bits per heavy atom. The molecule has 0 radical (unpaired) electrons. The van der Waals surface area contributed by atoms with Crippen molar-refractivity contribution in [3.05, 3.63) is 94.5 Å². The molecule has 5 nitrogen and oxygen atoms in total. The van der Waals surface area contributed by atoms with E-state index in [1.54, 1.807) is 19.2 Å². The fourth-order valence-electron chi connectivity index (χ4n) is 3.43. The SMILES string of the molecule is COc1ccc(C(C)(C)c2ccc(OC(=O)c3cc(C(C)=O)cc(C(C)=O)c3)cc2)cc1. The fourth-order valence-corrected chi connectivity index (χ4v) is 3.43. The summed E-state index contributed by atoms with van der Waals surface area (Å²) in [5.41, 5.74) is 2.66. The van der Waals surface area contributed by atoms with Crippen LogP contribution in [0, 0.1) is 0 Å². The van der Waals surface area contributed by atoms with Gasteiger partial charge in [-0.15, -0.1) is 0 Å². The fraction of sp³-hybridized carbons (Fsp3) is 0.222. The molecule has 32 heavy (non-hydrogen) atoms. The van der Waals surface area contributed by atoms with Crippen molar-refractivity contribution in [2.45, 2.75) is 33.1 Å². The molecule has 0 spiro atoms. The average molecular weight is 431 g/mol. The van der Waals surface area contributed by atoms with Gasteiger partial charge in [0, 0.05) is 16.5 Å². The Hall–Kier alpha value is -3.73. The molecule has 0 N–H and O–H groups in total. The highest BCUT2D eigenvalue weighted by Gasteiger charge is 2.23. The van der Waals surface area contributed by atoms with Gasteiger partial charge in [-0.05, 0) is 67.4 Å². The summed E-state index contributed by atoms with van der Waals surface area (Å²) in [6.45, 7) is 7.01. The molecule has 0 amide bonds. The molecule has 0 unspecified atom stereocenters. The van der Waals surface area contributed by atoms with E-state index in [2.05, 4.69) is 13.8 Å². The summed E-state index contributed by atoms with van der Waals surface area (Å²) < 4.78 is 10.7. The minimum Gasteiger partial charge on any atom is -0.497 e. The van der Waals surface area contributed by atoms with Crippen molar-refractivity contribution in [3.63, 3.8) is 0 Å². The van der Waals surface area contributed by atoms with Gasteiger partial charge in [-0.2, -0.15) is 0 Å². The number of ketones is 2. The number of hydrogen-bond donors (Lipinski definition) is 0. The molecule has 164 valence electrons. The van der Waals surface area contributed by atoms with Gasteiger partial charge in [0.15, 0.2) is 11.6 Å². The summed E-state index contributed by atoms with van der Waals surface area (Å²) >= 11 is 0. The third-order valence-electron chi connectivity index (χ3n) is 5.58. The second kappa shape index (κ2) is 9.18. The molecule has 5 heteroatoms. The number of rotatable bonds is 7. The Bertz CT molecular complexity index is 1120. The third-order valence-corrected chi connectivity index (χ3v) is 5.58. The van der Waals surface area contributed by atoms with Crippen molar-refractivity contribution in [3.8, 4) is 11.5 Å². The van der Waals surface area contributed by atoms with Crippen LogP contribution in [0.1, 0.15) is 69.9 Å². The lowest BCUT2D eigenvalue weighted by atomic mass is 9.78. The minimum atomic E-state index is -0.627. The van der Waals surface area contributed by atoms with Gasteiger partial charge in [-0.3, -0.25) is 9.59 Å². The third kappa shape index (κ3) is 4.94. The van der Waals surface area contributed by atoms with Gasteiger partial charge < -0.3 is 9.47 Å². The zero-order valence-corrected chi connectivity index (χ0v) is 18.9. The minimum absolute atomic E-state index is 0.158. The van der Waals surface area contributed by atoms with E-state index in [9.17, 15) is 14.4 Å². The zero-order valence-electron chi connectivity index (χ0n) is 18.9. The Kier molecular flexibility index (Phi) is 6.58. The monoisotopic (exact) mass is 430 g/mol. The Morgan fingerprint density at radius 2 is 1.06 bits per heavy atom. The van der Waals surface area contributed by atoms with Gasteiger partial charge in [0.05, 0.1) is 12.7 Å². The topological polar surface area (TPSA) is 69.7 Å². The van der Waals surface area contributed by atoms with E-state index in [1.165, 1.54) is 32.0 Å². The van der Waals surface area contributed by atoms with E-state index in [0.717, 1.165) is 16.9 Å². The summed E-state index contributed by atoms with van der Waals surface area (Å²) in [6, 6.07) is 19.6. The molecule has 3 aromatic rings. The number of Topliss-reactive ketones (excluding diaryl/α,β-unsaturated/α-hetero) is 2. The summed E-state index contributed by atoms with van der Waals surface area (Å²) in [5.74, 6) is 0.0905. The van der Waals surface area contributed by atoms with Gasteiger partial charge in [0.25, 0.3) is 0 Å². The molecule has 0 saturated carbocycles. The summed E-state index contributed by atoms with van der Waals surface area (Å²) in [4.78, 5) is 36.2. The first-order chi connectivity index (χ1) is 15.1. The van der Waals surface area contributed by atoms with Crippen LogP contribution in [-0.4, -0.2) is 24.6 Å². The number of carbonyl (C=O) groups is 3. The Labute approximate surface area is 188 Å². The van der Waals surface area contributed by atoms with E-state index in [0.29, 0.717) is 16.9 Å². The molecule has 3 rings (SSSR count). The van der Waals surface area contributed by atoms with E-state index in [1.807, 2.05) is 36.4 Å². The smallest absolute Gasteiger partial charge is 0.343 e. The van der Waals surface area contributed by atoms with E-state index >= 15 is 0 Å². The summed E-state index contributed by atoms with van der Waals surface area (Å²) in [6.07, 6.45) is 0. The highest BCUT2D eigenvalue weighted by Crippen LogP contribution is 2.33. The summed E-state index contributed by atoms with van der Waals surface area (Å²) in [7, 11) is 1.64. The molecule has 0 aliphatic carbocycles. The van der Waals surface area contributed by atoms with Crippen LogP contribution in [0.15, 0.2) is 66.7 Å². The molecule has 0 fully saturated rings. The van der Waals surface area contributed by atoms with Crippen LogP contribution >= 0.6 is 0 Å². The van der Waals surface area contributed by atoms with Crippen LogP contribution < -0.4 is 9.47 Å². The van der Waals surface area contributed by atoms with Crippen molar-refractivity contribution in [2.24, 2.45) is 0 Å². The van der Waals surface area contributed by atoms with Crippen molar-refractivity contribution >= 4 is 17.5 Å². The summed E-state index contributed by atoms with van der Waals surface area (Å²) in [5, 5.41) is 0. The standard InChI is InChI=1S/C27H26O5/c1-17(28)19-14-20(18(2)29)16-21(15-19)26(30)32-25-12-8-23(9-13-25)27(3,4)22-6-10-24(31-5)11-7-22/h6-16H,1-5H3. The van der Waals surface area contributed by atoms with Gasteiger partial charge >= 0.3 is 5.97 Å². The largest absolute Gasteiger partial charge is 0.497 e. The van der Waals surface area contributed by atoms with Crippen LogP contribution in [0.25, 0.3) is 0 Å². The van der Waals surface area contributed by atoms with Crippen LogP contribution in [0.5, 0.6) is 11.5 Å². The first-order valence-corrected chi connectivity index (χ1v) is 10.3. The number of ether oxygens (including phenoxy) is 2. The Balaban J connectivity index is 1.81. The quantitative estimate of drug-likeness (QED) is 0.275.